The molecular formula is C17H22BClO3. The van der Waals surface area contributed by atoms with Crippen molar-refractivity contribution >= 4 is 30.0 Å². The molecule has 1 aromatic carbocycles. The molecule has 2 aliphatic rings. The Morgan fingerprint density at radius 2 is 1.68 bits per heavy atom. The van der Waals surface area contributed by atoms with E-state index < -0.39 is 7.12 Å². The Labute approximate surface area is 137 Å². The van der Waals surface area contributed by atoms with Gasteiger partial charge in [0.2, 0.25) is 0 Å². The lowest BCUT2D eigenvalue weighted by molar-refractivity contribution is -0.119. The molecular weight excluding hydrogens is 298 g/mol. The first-order valence-electron chi connectivity index (χ1n) is 7.76. The van der Waals surface area contributed by atoms with Gasteiger partial charge in [-0.1, -0.05) is 23.7 Å². The number of rotatable bonds is 3. The monoisotopic (exact) mass is 320 g/mol. The topological polar surface area (TPSA) is 35.5 Å². The Morgan fingerprint density at radius 3 is 2.09 bits per heavy atom. The maximum Gasteiger partial charge on any atom is 0.494 e. The number of benzene rings is 1. The largest absolute Gasteiger partial charge is 0.494 e. The summed E-state index contributed by atoms with van der Waals surface area (Å²) in [5.74, 6) is 0.192. The second-order valence-electron chi connectivity index (χ2n) is 7.47. The lowest BCUT2D eigenvalue weighted by atomic mass is 9.77. The molecule has 0 radical (unpaired) electrons. The zero-order valence-electron chi connectivity index (χ0n) is 13.8. The van der Waals surface area contributed by atoms with Crippen LogP contribution in [0.1, 0.15) is 53.0 Å². The van der Waals surface area contributed by atoms with Gasteiger partial charge in [0.05, 0.1) is 16.6 Å². The van der Waals surface area contributed by atoms with Crippen LogP contribution in [0.4, 0.5) is 0 Å². The standard InChI is InChI=1S/C17H22BClO3/c1-11(20)17(8-9-17)13-7-6-12(10-14(13)19)18-21-15(2,3)16(4,5)22-18/h6-7,10H,8-9H2,1-5H3. The van der Waals surface area contributed by atoms with Crippen molar-refractivity contribution in [1.82, 2.24) is 0 Å². The molecule has 1 saturated heterocycles. The van der Waals surface area contributed by atoms with Gasteiger partial charge in [-0.15, -0.1) is 0 Å². The third-order valence-corrected chi connectivity index (χ3v) is 5.77. The van der Waals surface area contributed by atoms with E-state index in [2.05, 4.69) is 0 Å². The van der Waals surface area contributed by atoms with Crippen LogP contribution in [0.5, 0.6) is 0 Å². The lowest BCUT2D eigenvalue weighted by Gasteiger charge is -2.32. The summed E-state index contributed by atoms with van der Waals surface area (Å²) in [5.41, 5.74) is 0.722. The molecule has 22 heavy (non-hydrogen) atoms. The molecule has 1 aliphatic heterocycles. The number of hydrogen-bond donors (Lipinski definition) is 0. The summed E-state index contributed by atoms with van der Waals surface area (Å²) < 4.78 is 12.1. The summed E-state index contributed by atoms with van der Waals surface area (Å²) in [6.07, 6.45) is 1.77. The molecule has 2 fully saturated rings. The van der Waals surface area contributed by atoms with E-state index in [1.807, 2.05) is 45.9 Å². The van der Waals surface area contributed by atoms with Crippen LogP contribution >= 0.6 is 11.6 Å². The minimum Gasteiger partial charge on any atom is -0.399 e. The third kappa shape index (κ3) is 2.32. The van der Waals surface area contributed by atoms with Gasteiger partial charge in [-0.05, 0) is 64.6 Å². The van der Waals surface area contributed by atoms with Crippen molar-refractivity contribution in [1.29, 1.82) is 0 Å². The molecule has 3 nitrogen and oxygen atoms in total. The average Bonchev–Trinajstić information content (AvgIpc) is 3.14. The first-order valence-corrected chi connectivity index (χ1v) is 8.13. The molecule has 1 saturated carbocycles. The molecule has 0 aromatic heterocycles. The molecule has 3 rings (SSSR count). The van der Waals surface area contributed by atoms with Crippen LogP contribution in [0, 0.1) is 0 Å². The number of Topliss-reactive ketones (excluding diaryl/α,β-unsaturated/α-hetero) is 1. The van der Waals surface area contributed by atoms with E-state index in [1.165, 1.54) is 0 Å². The van der Waals surface area contributed by atoms with Crippen LogP contribution in [0.2, 0.25) is 5.02 Å². The predicted molar refractivity (Wildman–Crippen MR) is 88.8 cm³/mol. The molecule has 0 spiro atoms. The van der Waals surface area contributed by atoms with Crippen molar-refractivity contribution in [3.05, 3.63) is 28.8 Å². The Hall–Kier alpha value is -0.835. The molecule has 0 N–H and O–H groups in total. The van der Waals surface area contributed by atoms with Crippen LogP contribution < -0.4 is 5.46 Å². The van der Waals surface area contributed by atoms with E-state index in [0.717, 1.165) is 23.9 Å². The summed E-state index contributed by atoms with van der Waals surface area (Å²) in [6, 6.07) is 5.80. The maximum absolute atomic E-state index is 11.9. The van der Waals surface area contributed by atoms with Crippen LogP contribution in [0.3, 0.4) is 0 Å². The highest BCUT2D eigenvalue weighted by Crippen LogP contribution is 2.51. The fraction of sp³-hybridized carbons (Fsp3) is 0.588. The van der Waals surface area contributed by atoms with Gasteiger partial charge >= 0.3 is 7.12 Å². The fourth-order valence-electron chi connectivity index (χ4n) is 2.98. The minimum atomic E-state index is -0.427. The van der Waals surface area contributed by atoms with Gasteiger partial charge in [-0.3, -0.25) is 4.79 Å². The molecule has 1 aromatic rings. The second-order valence-corrected chi connectivity index (χ2v) is 7.87. The van der Waals surface area contributed by atoms with Crippen molar-refractivity contribution in [2.45, 2.75) is 64.1 Å². The highest BCUT2D eigenvalue weighted by Gasteiger charge is 2.53. The van der Waals surface area contributed by atoms with Gasteiger partial charge in [0.15, 0.2) is 0 Å². The summed E-state index contributed by atoms with van der Waals surface area (Å²) in [6.45, 7) is 9.75. The van der Waals surface area contributed by atoms with Gasteiger partial charge in [0.1, 0.15) is 5.78 Å². The SMILES string of the molecule is CC(=O)C1(c2ccc(B3OC(C)(C)C(C)(C)O3)cc2Cl)CC1. The number of halogens is 1. The van der Waals surface area contributed by atoms with Crippen LogP contribution in [0.25, 0.3) is 0 Å². The maximum atomic E-state index is 11.9. The first-order chi connectivity index (χ1) is 10.1. The van der Waals surface area contributed by atoms with Gasteiger partial charge in [0.25, 0.3) is 0 Å². The molecule has 5 heteroatoms. The summed E-state index contributed by atoms with van der Waals surface area (Å²) >= 11 is 6.46. The third-order valence-electron chi connectivity index (χ3n) is 5.46. The van der Waals surface area contributed by atoms with E-state index in [0.29, 0.717) is 5.02 Å². The van der Waals surface area contributed by atoms with E-state index >= 15 is 0 Å². The highest BCUT2D eigenvalue weighted by atomic mass is 35.5. The Bertz CT molecular complexity index is 619. The van der Waals surface area contributed by atoms with E-state index in [1.54, 1.807) is 6.92 Å². The van der Waals surface area contributed by atoms with Crippen molar-refractivity contribution < 1.29 is 14.1 Å². The normalized spacial score (nSPS) is 24.4. The quantitative estimate of drug-likeness (QED) is 0.802. The van der Waals surface area contributed by atoms with E-state index in [9.17, 15) is 4.79 Å². The van der Waals surface area contributed by atoms with Crippen LogP contribution in [-0.2, 0) is 19.5 Å². The van der Waals surface area contributed by atoms with Crippen molar-refractivity contribution in [2.75, 3.05) is 0 Å². The molecule has 118 valence electrons. The van der Waals surface area contributed by atoms with Crippen molar-refractivity contribution in [2.24, 2.45) is 0 Å². The second kappa shape index (κ2) is 4.83. The van der Waals surface area contributed by atoms with Gasteiger partial charge in [-0.2, -0.15) is 0 Å². The smallest absolute Gasteiger partial charge is 0.399 e. The average molecular weight is 321 g/mol. The van der Waals surface area contributed by atoms with Gasteiger partial charge < -0.3 is 9.31 Å². The fourth-order valence-corrected chi connectivity index (χ4v) is 3.35. The predicted octanol–water partition coefficient (Wildman–Crippen LogP) is 3.26. The molecule has 1 heterocycles. The highest BCUT2D eigenvalue weighted by molar-refractivity contribution is 6.62. The lowest BCUT2D eigenvalue weighted by Crippen LogP contribution is -2.41. The number of carbonyl (C=O) groups is 1. The molecule has 1 aliphatic carbocycles. The molecule has 0 atom stereocenters. The Morgan fingerprint density at radius 1 is 1.14 bits per heavy atom. The van der Waals surface area contributed by atoms with Gasteiger partial charge in [0, 0.05) is 5.02 Å². The minimum absolute atomic E-state index is 0.192. The number of carbonyl (C=O) groups excluding carboxylic acids is 1. The van der Waals surface area contributed by atoms with Crippen molar-refractivity contribution in [3.63, 3.8) is 0 Å². The van der Waals surface area contributed by atoms with Gasteiger partial charge in [-0.25, -0.2) is 0 Å². The molecule has 0 amide bonds. The summed E-state index contributed by atoms with van der Waals surface area (Å²) in [5, 5.41) is 0.625. The number of ketones is 1. The zero-order valence-corrected chi connectivity index (χ0v) is 14.6. The van der Waals surface area contributed by atoms with E-state index in [-0.39, 0.29) is 22.4 Å². The molecule has 0 bridgehead atoms. The number of hydrogen-bond acceptors (Lipinski definition) is 3. The first kappa shape index (κ1) is 16.0. The summed E-state index contributed by atoms with van der Waals surface area (Å²) in [7, 11) is -0.427. The van der Waals surface area contributed by atoms with Crippen LogP contribution in [-0.4, -0.2) is 24.1 Å². The Kier molecular flexibility index (Phi) is 3.52. The van der Waals surface area contributed by atoms with Crippen LogP contribution in [0.15, 0.2) is 18.2 Å². The van der Waals surface area contributed by atoms with Crippen molar-refractivity contribution in [3.8, 4) is 0 Å². The molecule has 0 unspecified atom stereocenters. The zero-order chi connectivity index (χ0) is 16.3. The summed E-state index contributed by atoms with van der Waals surface area (Å²) in [4.78, 5) is 11.9. The van der Waals surface area contributed by atoms with E-state index in [4.69, 9.17) is 20.9 Å². The Balaban J connectivity index is 1.90.